The van der Waals surface area contributed by atoms with Crippen molar-refractivity contribution in [3.63, 3.8) is 0 Å². The van der Waals surface area contributed by atoms with Crippen LogP contribution in [0.2, 0.25) is 0 Å². The van der Waals surface area contributed by atoms with Gasteiger partial charge in [-0.25, -0.2) is 4.79 Å². The second kappa shape index (κ2) is 15.0. The highest BCUT2D eigenvalue weighted by Gasteiger charge is 2.21. The predicted octanol–water partition coefficient (Wildman–Crippen LogP) is 7.23. The van der Waals surface area contributed by atoms with Crippen LogP contribution in [-0.2, 0) is 22.5 Å². The molecule has 10 nitrogen and oxygen atoms in total. The molecule has 4 aromatic carbocycles. The number of rotatable bonds is 14. The Labute approximate surface area is 261 Å². The third-order valence-corrected chi connectivity index (χ3v) is 8.05. The van der Waals surface area contributed by atoms with E-state index in [-0.39, 0.29) is 39.9 Å². The Balaban J connectivity index is 1.70. The summed E-state index contributed by atoms with van der Waals surface area (Å²) in [5.74, 6) is -0.716. The monoisotopic (exact) mass is 636 g/mol. The maximum Gasteiger partial charge on any atom is 0.337 e. The molecule has 12 heteroatoms. The van der Waals surface area contributed by atoms with Gasteiger partial charge in [0.15, 0.2) is 0 Å². The van der Waals surface area contributed by atoms with E-state index in [1.165, 1.54) is 24.3 Å². The number of unbranched alkanes of at least 4 members (excludes halogenated alkanes) is 2. The number of ether oxygens (including phenoxy) is 2. The molecular formula is C32H32N2O8S2-2. The van der Waals surface area contributed by atoms with Gasteiger partial charge in [0.05, 0.1) is 57.5 Å². The number of hydrogen-bond donors (Lipinski definition) is 1. The molecule has 0 radical (unpaired) electrons. The zero-order chi connectivity index (χ0) is 31.8. The Kier molecular flexibility index (Phi) is 11.1. The first-order chi connectivity index (χ1) is 21.1. The third kappa shape index (κ3) is 8.03. The summed E-state index contributed by atoms with van der Waals surface area (Å²) in [6.07, 6.45) is 2.66. The second-order valence-electron chi connectivity index (χ2n) is 9.97. The van der Waals surface area contributed by atoms with Crippen molar-refractivity contribution in [2.75, 3.05) is 15.2 Å². The molecule has 0 saturated heterocycles. The van der Waals surface area contributed by atoms with Crippen LogP contribution in [0.5, 0.6) is 17.2 Å². The Morgan fingerprint density at radius 2 is 1.25 bits per heavy atom. The molecule has 0 aliphatic heterocycles. The van der Waals surface area contributed by atoms with E-state index >= 15 is 0 Å². The lowest BCUT2D eigenvalue weighted by molar-refractivity contribution is 0.0697. The molecule has 0 fully saturated rings. The molecule has 1 N–H and O–H groups in total. The first-order valence-electron chi connectivity index (χ1n) is 13.8. The number of hydrogen-bond acceptors (Lipinski definition) is 7. The van der Waals surface area contributed by atoms with Gasteiger partial charge in [-0.15, -0.1) is 0 Å². The van der Waals surface area contributed by atoms with Crippen LogP contribution >= 0.6 is 0 Å². The maximum atomic E-state index is 12.4. The lowest BCUT2D eigenvalue weighted by Gasteiger charge is -2.29. The van der Waals surface area contributed by atoms with E-state index in [1.807, 2.05) is 13.8 Å². The Hall–Kier alpha value is -4.23. The summed E-state index contributed by atoms with van der Waals surface area (Å²) in [6, 6.07) is 22.3. The topological polar surface area (TPSA) is 142 Å². The Morgan fingerprint density at radius 1 is 0.750 bits per heavy atom. The molecule has 44 heavy (non-hydrogen) atoms. The molecule has 4 aromatic rings. The Bertz CT molecular complexity index is 1650. The number of aromatic carboxylic acids is 1. The van der Waals surface area contributed by atoms with Crippen LogP contribution in [-0.4, -0.2) is 35.2 Å². The lowest BCUT2D eigenvalue weighted by Crippen LogP contribution is -2.22. The largest absolute Gasteiger partial charge is 0.755 e. The quantitative estimate of drug-likeness (QED) is 0.113. The molecular weight excluding hydrogens is 604 g/mol. The van der Waals surface area contributed by atoms with Gasteiger partial charge in [0, 0.05) is 6.07 Å². The molecule has 4 rings (SSSR count). The van der Waals surface area contributed by atoms with E-state index in [1.54, 1.807) is 60.7 Å². The highest BCUT2D eigenvalue weighted by atomic mass is 32.2. The van der Waals surface area contributed by atoms with Gasteiger partial charge in [0.1, 0.15) is 17.2 Å². The molecule has 0 aliphatic carbocycles. The van der Waals surface area contributed by atoms with Crippen LogP contribution in [0.1, 0.15) is 47.7 Å². The number of benzene rings is 4. The predicted molar refractivity (Wildman–Crippen MR) is 169 cm³/mol. The molecule has 0 aromatic heterocycles. The molecule has 0 heterocycles. The molecule has 0 spiro atoms. The fraction of sp³-hybridized carbons (Fsp3) is 0.219. The summed E-state index contributed by atoms with van der Waals surface area (Å²) in [7, 11) is 0. The van der Waals surface area contributed by atoms with Gasteiger partial charge in [0.25, 0.3) is 0 Å². The number of carbonyl (C=O) groups is 1. The van der Waals surface area contributed by atoms with Crippen molar-refractivity contribution >= 4 is 51.3 Å². The summed E-state index contributed by atoms with van der Waals surface area (Å²) in [6.45, 7) is 6.16. The molecule has 0 saturated carbocycles. The van der Waals surface area contributed by atoms with Crippen molar-refractivity contribution in [2.24, 2.45) is 0 Å². The van der Waals surface area contributed by atoms with E-state index in [2.05, 4.69) is 6.92 Å². The number of nitrogens with zero attached hydrogens (tertiary/aromatic N) is 2. The first kappa shape index (κ1) is 32.7. The van der Waals surface area contributed by atoms with Gasteiger partial charge in [-0.2, -0.15) is 0 Å². The minimum atomic E-state index is -2.81. The second-order valence-corrected chi connectivity index (χ2v) is 11.6. The summed E-state index contributed by atoms with van der Waals surface area (Å²) in [5, 5.41) is 9.97. The van der Waals surface area contributed by atoms with E-state index < -0.39 is 28.5 Å². The van der Waals surface area contributed by atoms with Crippen LogP contribution < -0.4 is 18.1 Å². The van der Waals surface area contributed by atoms with Gasteiger partial charge in [-0.05, 0) is 74.9 Å². The van der Waals surface area contributed by atoms with Gasteiger partial charge in [-0.1, -0.05) is 55.2 Å². The van der Waals surface area contributed by atoms with Crippen LogP contribution in [0.25, 0.3) is 0 Å². The minimum absolute atomic E-state index is 0.0657. The van der Waals surface area contributed by atoms with Crippen LogP contribution in [0, 0.1) is 13.8 Å². The van der Waals surface area contributed by atoms with Crippen molar-refractivity contribution in [2.45, 2.75) is 40.0 Å². The number of anilines is 4. The van der Waals surface area contributed by atoms with Crippen LogP contribution in [0.3, 0.4) is 0 Å². The van der Waals surface area contributed by atoms with Crippen molar-refractivity contribution in [1.82, 2.24) is 0 Å². The van der Waals surface area contributed by atoms with E-state index in [9.17, 15) is 27.4 Å². The standard InChI is InChI=1S/C32H34N2O8S2/c1-4-5-6-19-41-31-21-27(16-18-30(31)34(44(39)40)25-13-9-23(3)10-14-25)42-26-15-17-29(28(20-26)32(35)36)33(43(37)38)24-11-7-22(2)8-12-24/h7-18,20-21H,4-6,19H2,1-3H3,(H,35,36)(H,37,38)(H,39,40)/p-2. The lowest BCUT2D eigenvalue weighted by atomic mass is 10.1. The van der Waals surface area contributed by atoms with Gasteiger partial charge < -0.3 is 23.7 Å². The van der Waals surface area contributed by atoms with E-state index in [0.29, 0.717) is 12.3 Å². The van der Waals surface area contributed by atoms with Crippen LogP contribution in [0.4, 0.5) is 22.7 Å². The third-order valence-electron chi connectivity index (χ3n) is 6.64. The summed E-state index contributed by atoms with van der Waals surface area (Å²) in [4.78, 5) is 12.2. The highest BCUT2D eigenvalue weighted by molar-refractivity contribution is 7.81. The highest BCUT2D eigenvalue weighted by Crippen LogP contribution is 2.40. The zero-order valence-corrected chi connectivity index (χ0v) is 26.1. The molecule has 0 aliphatic rings. The molecule has 0 bridgehead atoms. The molecule has 232 valence electrons. The first-order valence-corrected chi connectivity index (χ1v) is 15.9. The van der Waals surface area contributed by atoms with Crippen molar-refractivity contribution in [3.8, 4) is 17.2 Å². The fourth-order valence-corrected chi connectivity index (χ4v) is 5.63. The number of carboxylic acid groups (broad SMARTS) is 1. The molecule has 0 amide bonds. The smallest absolute Gasteiger partial charge is 0.337 e. The maximum absolute atomic E-state index is 12.4. The average molecular weight is 637 g/mol. The number of carboxylic acids is 1. The van der Waals surface area contributed by atoms with Crippen molar-refractivity contribution < 1.29 is 36.9 Å². The normalized spacial score (nSPS) is 12.3. The Morgan fingerprint density at radius 3 is 1.75 bits per heavy atom. The number of aryl methyl sites for hydroxylation is 2. The van der Waals surface area contributed by atoms with E-state index in [0.717, 1.165) is 39.0 Å². The fourth-order valence-electron chi connectivity index (χ4n) is 4.41. The van der Waals surface area contributed by atoms with E-state index in [4.69, 9.17) is 9.47 Å². The summed E-state index contributed by atoms with van der Waals surface area (Å²) < 4.78 is 63.2. The van der Waals surface area contributed by atoms with Gasteiger partial charge in [-0.3, -0.25) is 17.0 Å². The average Bonchev–Trinajstić information content (AvgIpc) is 2.98. The van der Waals surface area contributed by atoms with Crippen molar-refractivity contribution in [1.29, 1.82) is 0 Å². The molecule has 2 unspecified atom stereocenters. The minimum Gasteiger partial charge on any atom is -0.755 e. The van der Waals surface area contributed by atoms with Crippen LogP contribution in [0.15, 0.2) is 84.9 Å². The zero-order valence-electron chi connectivity index (χ0n) is 24.4. The summed E-state index contributed by atoms with van der Waals surface area (Å²) in [5.41, 5.74) is 2.49. The SMILES string of the molecule is CCCCCOc1cc(Oc2ccc(N(c3ccc(C)cc3)S(=O)[O-])c(C(=O)O)c2)ccc1N(c1ccc(C)cc1)S(=O)[O-]. The van der Waals surface area contributed by atoms with Gasteiger partial charge >= 0.3 is 5.97 Å². The summed E-state index contributed by atoms with van der Waals surface area (Å²) >= 11 is -5.48. The van der Waals surface area contributed by atoms with Gasteiger partial charge in [0.2, 0.25) is 0 Å². The molecule has 2 atom stereocenters. The van der Waals surface area contributed by atoms with Crippen molar-refractivity contribution in [3.05, 3.63) is 102 Å².